The van der Waals surface area contributed by atoms with Crippen LogP contribution in [0.25, 0.3) is 0 Å². The molecule has 4 aliphatic carbocycles. The van der Waals surface area contributed by atoms with Gasteiger partial charge in [-0.1, -0.05) is 25.5 Å². The minimum atomic E-state index is -1.16. The Morgan fingerprint density at radius 1 is 1.15 bits per heavy atom. The van der Waals surface area contributed by atoms with Crippen molar-refractivity contribution in [1.29, 1.82) is 0 Å². The van der Waals surface area contributed by atoms with Crippen LogP contribution in [0.5, 0.6) is 0 Å². The van der Waals surface area contributed by atoms with Crippen LogP contribution in [0.4, 0.5) is 0 Å². The Balaban J connectivity index is 1.72. The summed E-state index contributed by atoms with van der Waals surface area (Å²) in [6.45, 7) is 6.10. The maximum absolute atomic E-state index is 12.4. The molecule has 0 spiro atoms. The Kier molecular flexibility index (Phi) is 4.11. The number of carbonyl (C=O) groups is 2. The molecule has 0 bridgehead atoms. The average molecular weight is 357 g/mol. The van der Waals surface area contributed by atoms with Crippen LogP contribution in [0.3, 0.4) is 0 Å². The Labute approximate surface area is 156 Å². The summed E-state index contributed by atoms with van der Waals surface area (Å²) in [6.07, 6.45) is 13.3. The van der Waals surface area contributed by atoms with Gasteiger partial charge in [0.25, 0.3) is 0 Å². The predicted octanol–water partition coefficient (Wildman–Crippen LogP) is 4.39. The van der Waals surface area contributed by atoms with Crippen LogP contribution < -0.4 is 0 Å². The van der Waals surface area contributed by atoms with Gasteiger partial charge < -0.3 is 5.11 Å². The summed E-state index contributed by atoms with van der Waals surface area (Å²) in [5.74, 6) is 1.58. The molecule has 0 amide bonds. The molecule has 1 N–H and O–H groups in total. The summed E-state index contributed by atoms with van der Waals surface area (Å²) >= 11 is 0. The van der Waals surface area contributed by atoms with Crippen molar-refractivity contribution in [2.75, 3.05) is 0 Å². The first-order chi connectivity index (χ1) is 12.2. The van der Waals surface area contributed by atoms with Crippen molar-refractivity contribution in [3.05, 3.63) is 23.8 Å². The second kappa shape index (κ2) is 5.89. The molecule has 4 rings (SSSR count). The normalized spacial score (nSPS) is 47.9. The van der Waals surface area contributed by atoms with Crippen LogP contribution in [-0.2, 0) is 9.59 Å². The van der Waals surface area contributed by atoms with Crippen molar-refractivity contribution in [1.82, 2.24) is 0 Å². The third-order valence-corrected chi connectivity index (χ3v) is 8.85. The highest BCUT2D eigenvalue weighted by Crippen LogP contribution is 2.65. The van der Waals surface area contributed by atoms with Crippen LogP contribution in [0, 0.1) is 28.6 Å². The third kappa shape index (κ3) is 2.28. The SMILES string of the molecule is CC(=O)C1(O)CCCC2C3CCC4=CC(=O)C=CCC4(C)C3CCC21C. The zero-order valence-corrected chi connectivity index (χ0v) is 16.4. The Morgan fingerprint density at radius 3 is 2.65 bits per heavy atom. The van der Waals surface area contributed by atoms with E-state index < -0.39 is 5.60 Å². The summed E-state index contributed by atoms with van der Waals surface area (Å²) < 4.78 is 0. The molecule has 0 heterocycles. The van der Waals surface area contributed by atoms with E-state index in [4.69, 9.17) is 0 Å². The molecule has 6 atom stereocenters. The first-order valence-electron chi connectivity index (χ1n) is 10.4. The first kappa shape index (κ1) is 18.2. The molecule has 26 heavy (non-hydrogen) atoms. The topological polar surface area (TPSA) is 54.4 Å². The molecule has 0 aromatic carbocycles. The zero-order valence-electron chi connectivity index (χ0n) is 16.4. The molecule has 3 heteroatoms. The molecule has 0 aromatic heterocycles. The van der Waals surface area contributed by atoms with Crippen LogP contribution >= 0.6 is 0 Å². The maximum Gasteiger partial charge on any atom is 0.178 e. The van der Waals surface area contributed by atoms with Gasteiger partial charge in [0.15, 0.2) is 11.6 Å². The van der Waals surface area contributed by atoms with Gasteiger partial charge in [-0.25, -0.2) is 0 Å². The largest absolute Gasteiger partial charge is 0.382 e. The molecule has 0 radical (unpaired) electrons. The lowest BCUT2D eigenvalue weighted by Crippen LogP contribution is -2.63. The molecule has 3 saturated carbocycles. The van der Waals surface area contributed by atoms with Crippen molar-refractivity contribution in [3.63, 3.8) is 0 Å². The highest BCUT2D eigenvalue weighted by molar-refractivity contribution is 6.00. The van der Waals surface area contributed by atoms with E-state index >= 15 is 0 Å². The Bertz CT molecular complexity index is 704. The first-order valence-corrected chi connectivity index (χ1v) is 10.4. The molecular weight excluding hydrogens is 324 g/mol. The fraction of sp³-hybridized carbons (Fsp3) is 0.739. The molecule has 3 nitrogen and oxygen atoms in total. The highest BCUT2D eigenvalue weighted by Gasteiger charge is 2.63. The predicted molar refractivity (Wildman–Crippen MR) is 101 cm³/mol. The van der Waals surface area contributed by atoms with E-state index in [9.17, 15) is 14.7 Å². The van der Waals surface area contributed by atoms with Gasteiger partial charge in [-0.05, 0) is 93.6 Å². The highest BCUT2D eigenvalue weighted by atomic mass is 16.3. The number of hydrogen-bond acceptors (Lipinski definition) is 3. The number of fused-ring (bicyclic) bond motifs is 5. The quantitative estimate of drug-likeness (QED) is 0.758. The van der Waals surface area contributed by atoms with Gasteiger partial charge in [0.05, 0.1) is 0 Å². The number of hydrogen-bond donors (Lipinski definition) is 1. The lowest BCUT2D eigenvalue weighted by Gasteiger charge is -2.63. The molecule has 6 unspecified atom stereocenters. The number of aliphatic hydroxyl groups is 1. The second-order valence-corrected chi connectivity index (χ2v) is 9.78. The van der Waals surface area contributed by atoms with Gasteiger partial charge in [0.2, 0.25) is 0 Å². The molecule has 142 valence electrons. The average Bonchev–Trinajstić information content (AvgIpc) is 2.73. The molecule has 3 fully saturated rings. The fourth-order valence-electron chi connectivity index (χ4n) is 7.29. The number of Topliss-reactive ketones (excluding diaryl/α,β-unsaturated/α-hetero) is 1. The van der Waals surface area contributed by atoms with Crippen molar-refractivity contribution in [3.8, 4) is 0 Å². The minimum Gasteiger partial charge on any atom is -0.382 e. The number of allylic oxidation sites excluding steroid dienone is 4. The van der Waals surface area contributed by atoms with Gasteiger partial charge in [0, 0.05) is 5.41 Å². The van der Waals surface area contributed by atoms with Crippen molar-refractivity contribution in [2.24, 2.45) is 28.6 Å². The monoisotopic (exact) mass is 356 g/mol. The van der Waals surface area contributed by atoms with E-state index in [2.05, 4.69) is 19.9 Å². The van der Waals surface area contributed by atoms with Crippen molar-refractivity contribution in [2.45, 2.75) is 77.7 Å². The van der Waals surface area contributed by atoms with E-state index in [0.717, 1.165) is 44.9 Å². The fourth-order valence-corrected chi connectivity index (χ4v) is 7.29. The molecule has 0 aliphatic heterocycles. The number of ketones is 2. The molecule has 0 saturated heterocycles. The molecular formula is C23H32O3. The Hall–Kier alpha value is -1.22. The lowest BCUT2D eigenvalue weighted by atomic mass is 9.42. The van der Waals surface area contributed by atoms with E-state index in [1.54, 1.807) is 13.0 Å². The lowest BCUT2D eigenvalue weighted by molar-refractivity contribution is -0.193. The van der Waals surface area contributed by atoms with Gasteiger partial charge in [-0.2, -0.15) is 0 Å². The van der Waals surface area contributed by atoms with Crippen LogP contribution in [-0.4, -0.2) is 22.3 Å². The van der Waals surface area contributed by atoms with E-state index in [1.807, 2.05) is 6.08 Å². The van der Waals surface area contributed by atoms with Gasteiger partial charge >= 0.3 is 0 Å². The van der Waals surface area contributed by atoms with Crippen molar-refractivity contribution < 1.29 is 14.7 Å². The van der Waals surface area contributed by atoms with Gasteiger partial charge in [0.1, 0.15) is 5.60 Å². The summed E-state index contributed by atoms with van der Waals surface area (Å²) in [4.78, 5) is 24.5. The summed E-state index contributed by atoms with van der Waals surface area (Å²) in [6, 6.07) is 0. The van der Waals surface area contributed by atoms with Crippen LogP contribution in [0.2, 0.25) is 0 Å². The Morgan fingerprint density at radius 2 is 1.92 bits per heavy atom. The smallest absolute Gasteiger partial charge is 0.178 e. The second-order valence-electron chi connectivity index (χ2n) is 9.78. The van der Waals surface area contributed by atoms with E-state index in [0.29, 0.717) is 24.2 Å². The van der Waals surface area contributed by atoms with Crippen LogP contribution in [0.15, 0.2) is 23.8 Å². The van der Waals surface area contributed by atoms with E-state index in [1.165, 1.54) is 5.57 Å². The molecule has 0 aromatic rings. The standard InChI is InChI=1S/C23H32O3/c1-15(24)23(26)12-5-7-20-18-9-8-16-14-17(25)6-4-11-21(16,2)19(18)10-13-22(20,23)3/h4,6,14,18-20,26H,5,7-13H2,1-3H3. The zero-order chi connectivity index (χ0) is 18.7. The third-order valence-electron chi connectivity index (χ3n) is 8.85. The molecule has 4 aliphatic rings. The summed E-state index contributed by atoms with van der Waals surface area (Å²) in [7, 11) is 0. The number of carbonyl (C=O) groups excluding carboxylic acids is 2. The van der Waals surface area contributed by atoms with Crippen molar-refractivity contribution >= 4 is 11.6 Å². The van der Waals surface area contributed by atoms with Gasteiger partial charge in [-0.15, -0.1) is 0 Å². The maximum atomic E-state index is 12.4. The van der Waals surface area contributed by atoms with Gasteiger partial charge in [-0.3, -0.25) is 9.59 Å². The van der Waals surface area contributed by atoms with Crippen LogP contribution in [0.1, 0.15) is 72.1 Å². The van der Waals surface area contributed by atoms with E-state index in [-0.39, 0.29) is 22.4 Å². The summed E-state index contributed by atoms with van der Waals surface area (Å²) in [5, 5.41) is 11.4. The number of rotatable bonds is 1. The summed E-state index contributed by atoms with van der Waals surface area (Å²) in [5.41, 5.74) is -0.0720. The minimum absolute atomic E-state index is 0.0475.